The van der Waals surface area contributed by atoms with E-state index < -0.39 is 6.10 Å². The lowest BCUT2D eigenvalue weighted by Gasteiger charge is -2.19. The third kappa shape index (κ3) is 3.26. The highest BCUT2D eigenvalue weighted by Crippen LogP contribution is 2.30. The molecule has 2 unspecified atom stereocenters. The Morgan fingerprint density at radius 1 is 1.22 bits per heavy atom. The highest BCUT2D eigenvalue weighted by atomic mass is 35.5. The minimum atomic E-state index is -0.479. The van der Waals surface area contributed by atoms with Crippen LogP contribution in [0.3, 0.4) is 0 Å². The monoisotopic (exact) mass is 383 g/mol. The van der Waals surface area contributed by atoms with Crippen LogP contribution in [0, 0.1) is 13.8 Å². The van der Waals surface area contributed by atoms with Crippen LogP contribution in [0.25, 0.3) is 10.9 Å². The molecule has 0 amide bonds. The molecule has 1 saturated carbocycles. The molecule has 0 spiro atoms. The number of aromatic nitrogens is 3. The molecular weight excluding hydrogens is 362 g/mol. The molecule has 1 N–H and O–H groups in total. The van der Waals surface area contributed by atoms with E-state index in [2.05, 4.69) is 16.9 Å². The first kappa shape index (κ1) is 18.1. The summed E-state index contributed by atoms with van der Waals surface area (Å²) in [6, 6.07) is 5.49. The van der Waals surface area contributed by atoms with E-state index in [1.54, 1.807) is 23.2 Å². The van der Waals surface area contributed by atoms with Crippen molar-refractivity contribution in [2.24, 2.45) is 0 Å². The Labute approximate surface area is 162 Å². The number of aliphatic hydroxyl groups is 1. The van der Waals surface area contributed by atoms with Gasteiger partial charge >= 0.3 is 0 Å². The van der Waals surface area contributed by atoms with Crippen molar-refractivity contribution in [3.05, 3.63) is 68.5 Å². The van der Waals surface area contributed by atoms with Crippen molar-refractivity contribution in [3.63, 3.8) is 0 Å². The predicted octanol–water partition coefficient (Wildman–Crippen LogP) is 3.74. The zero-order chi connectivity index (χ0) is 19.1. The van der Waals surface area contributed by atoms with Gasteiger partial charge in [-0.05, 0) is 73.9 Å². The molecule has 0 bridgehead atoms. The van der Waals surface area contributed by atoms with Gasteiger partial charge in [0.05, 0.1) is 29.4 Å². The van der Waals surface area contributed by atoms with E-state index >= 15 is 0 Å². The minimum Gasteiger partial charge on any atom is -0.391 e. The van der Waals surface area contributed by atoms with Crippen molar-refractivity contribution >= 4 is 22.5 Å². The van der Waals surface area contributed by atoms with E-state index in [1.807, 2.05) is 19.1 Å². The summed E-state index contributed by atoms with van der Waals surface area (Å²) < 4.78 is 1.61. The van der Waals surface area contributed by atoms with Gasteiger partial charge in [0, 0.05) is 6.20 Å². The third-order valence-electron chi connectivity index (χ3n) is 5.73. The van der Waals surface area contributed by atoms with Gasteiger partial charge in [0.25, 0.3) is 5.56 Å². The Morgan fingerprint density at radius 2 is 2.04 bits per heavy atom. The quantitative estimate of drug-likeness (QED) is 0.699. The highest BCUT2D eigenvalue weighted by Gasteiger charge is 2.28. The van der Waals surface area contributed by atoms with Crippen LogP contribution in [0.1, 0.15) is 47.6 Å². The van der Waals surface area contributed by atoms with Gasteiger partial charge in [-0.3, -0.25) is 9.36 Å². The predicted molar refractivity (Wildman–Crippen MR) is 106 cm³/mol. The molecule has 5 nitrogen and oxygen atoms in total. The Hall–Kier alpha value is -2.24. The van der Waals surface area contributed by atoms with Gasteiger partial charge in [-0.25, -0.2) is 9.97 Å². The largest absolute Gasteiger partial charge is 0.391 e. The molecule has 3 aromatic rings. The van der Waals surface area contributed by atoms with E-state index in [9.17, 15) is 9.90 Å². The van der Waals surface area contributed by atoms with Crippen LogP contribution in [0.4, 0.5) is 0 Å². The first-order chi connectivity index (χ1) is 13.0. The smallest absolute Gasteiger partial charge is 0.261 e. The van der Waals surface area contributed by atoms with Crippen LogP contribution in [-0.4, -0.2) is 25.7 Å². The first-order valence-corrected chi connectivity index (χ1v) is 9.62. The summed E-state index contributed by atoms with van der Waals surface area (Å²) in [5, 5.41) is 11.3. The van der Waals surface area contributed by atoms with Crippen molar-refractivity contribution in [3.8, 4) is 0 Å². The molecule has 1 aromatic carbocycles. The maximum atomic E-state index is 13.2. The van der Waals surface area contributed by atoms with Crippen molar-refractivity contribution in [2.45, 2.75) is 51.7 Å². The summed E-state index contributed by atoms with van der Waals surface area (Å²) in [4.78, 5) is 21.9. The number of pyridine rings is 1. The van der Waals surface area contributed by atoms with Crippen LogP contribution < -0.4 is 5.56 Å². The maximum Gasteiger partial charge on any atom is 0.261 e. The number of benzene rings is 1. The van der Waals surface area contributed by atoms with Crippen LogP contribution in [-0.2, 0) is 6.42 Å². The summed E-state index contributed by atoms with van der Waals surface area (Å²) in [7, 11) is 0. The fourth-order valence-electron chi connectivity index (χ4n) is 4.01. The molecule has 2 aromatic heterocycles. The second-order valence-corrected chi connectivity index (χ2v) is 7.76. The zero-order valence-electron chi connectivity index (χ0n) is 15.4. The number of aryl methyl sites for hydroxylation is 1. The summed E-state index contributed by atoms with van der Waals surface area (Å²) >= 11 is 5.88. The summed E-state index contributed by atoms with van der Waals surface area (Å²) in [6.07, 6.45) is 6.02. The minimum absolute atomic E-state index is 0.0791. The third-order valence-corrected chi connectivity index (χ3v) is 5.96. The first-order valence-electron chi connectivity index (χ1n) is 9.24. The van der Waals surface area contributed by atoms with Crippen molar-refractivity contribution in [2.75, 3.05) is 0 Å². The fraction of sp³-hybridized carbons (Fsp3) is 0.381. The van der Waals surface area contributed by atoms with Gasteiger partial charge in [0.1, 0.15) is 5.15 Å². The zero-order valence-corrected chi connectivity index (χ0v) is 16.2. The molecule has 1 aliphatic rings. The molecule has 2 heterocycles. The van der Waals surface area contributed by atoms with Crippen LogP contribution >= 0.6 is 11.6 Å². The topological polar surface area (TPSA) is 68.0 Å². The lowest BCUT2D eigenvalue weighted by atomic mass is 9.95. The van der Waals surface area contributed by atoms with Gasteiger partial charge in [-0.2, -0.15) is 0 Å². The van der Waals surface area contributed by atoms with Crippen LogP contribution in [0.15, 0.2) is 35.5 Å². The molecule has 6 heteroatoms. The SMILES string of the molecule is Cc1c(Cc2ccc(Cl)nc2)cc2c(=O)n(C3CCCC3O)cnc2c1C. The molecule has 4 rings (SSSR count). The number of hydrogen-bond donors (Lipinski definition) is 1. The van der Waals surface area contributed by atoms with E-state index in [4.69, 9.17) is 11.6 Å². The average Bonchev–Trinajstić information content (AvgIpc) is 3.08. The molecule has 140 valence electrons. The fourth-order valence-corrected chi connectivity index (χ4v) is 4.12. The number of hydrogen-bond acceptors (Lipinski definition) is 4. The van der Waals surface area contributed by atoms with E-state index in [0.29, 0.717) is 17.0 Å². The second kappa shape index (κ2) is 7.06. The molecule has 0 aliphatic heterocycles. The number of halogens is 1. The standard InChI is InChI=1S/C21H22ClN3O2/c1-12-13(2)20-16(9-15(12)8-14-6-7-19(22)23-10-14)21(27)25(11-24-20)17-4-3-5-18(17)26/h6-7,9-11,17-18,26H,3-5,8H2,1-2H3. The molecule has 0 saturated heterocycles. The highest BCUT2D eigenvalue weighted by molar-refractivity contribution is 6.29. The van der Waals surface area contributed by atoms with E-state index in [0.717, 1.165) is 47.0 Å². The lowest BCUT2D eigenvalue weighted by Crippen LogP contribution is -2.29. The molecule has 1 fully saturated rings. The van der Waals surface area contributed by atoms with E-state index in [-0.39, 0.29) is 11.6 Å². The number of rotatable bonds is 3. The summed E-state index contributed by atoms with van der Waals surface area (Å²) in [6.45, 7) is 4.06. The van der Waals surface area contributed by atoms with Crippen molar-refractivity contribution < 1.29 is 5.11 Å². The van der Waals surface area contributed by atoms with Gasteiger partial charge < -0.3 is 5.11 Å². The normalized spacial score (nSPS) is 19.7. The number of nitrogens with zero attached hydrogens (tertiary/aromatic N) is 3. The Bertz CT molecular complexity index is 1060. The van der Waals surface area contributed by atoms with Gasteiger partial charge in [-0.15, -0.1) is 0 Å². The Kier molecular flexibility index (Phi) is 4.74. The molecule has 27 heavy (non-hydrogen) atoms. The lowest BCUT2D eigenvalue weighted by molar-refractivity contribution is 0.134. The molecule has 2 atom stereocenters. The maximum absolute atomic E-state index is 13.2. The molecule has 0 radical (unpaired) electrons. The van der Waals surface area contributed by atoms with Gasteiger partial charge in [0.15, 0.2) is 0 Å². The molecule has 1 aliphatic carbocycles. The summed E-state index contributed by atoms with van der Waals surface area (Å²) in [5.74, 6) is 0. The van der Waals surface area contributed by atoms with Crippen LogP contribution in [0.5, 0.6) is 0 Å². The second-order valence-electron chi connectivity index (χ2n) is 7.37. The Morgan fingerprint density at radius 3 is 2.70 bits per heavy atom. The van der Waals surface area contributed by atoms with Crippen molar-refractivity contribution in [1.82, 2.24) is 14.5 Å². The summed E-state index contributed by atoms with van der Waals surface area (Å²) in [5.41, 5.74) is 4.91. The van der Waals surface area contributed by atoms with Gasteiger partial charge in [-0.1, -0.05) is 17.7 Å². The number of fused-ring (bicyclic) bond motifs is 1. The molecular formula is C21H22ClN3O2. The van der Waals surface area contributed by atoms with Crippen LogP contribution in [0.2, 0.25) is 5.15 Å². The van der Waals surface area contributed by atoms with Crippen molar-refractivity contribution in [1.29, 1.82) is 0 Å². The average molecular weight is 384 g/mol. The van der Waals surface area contributed by atoms with E-state index in [1.165, 1.54) is 0 Å². The Balaban J connectivity index is 1.83. The van der Waals surface area contributed by atoms with Gasteiger partial charge in [0.2, 0.25) is 0 Å². The number of aliphatic hydroxyl groups excluding tert-OH is 1.